The molecule has 1 aromatic rings. The molecule has 1 saturated heterocycles. The third-order valence-corrected chi connectivity index (χ3v) is 4.88. The minimum Gasteiger partial charge on any atom is -0.506 e. The maximum atomic E-state index is 12.6. The fraction of sp³-hybridized carbons (Fsp3) is 0.333. The van der Waals surface area contributed by atoms with Crippen LogP contribution >= 0.6 is 11.6 Å². The van der Waals surface area contributed by atoms with Gasteiger partial charge in [-0.1, -0.05) is 23.8 Å². The molecule has 2 amide bonds. The third kappa shape index (κ3) is 1.37. The Bertz CT molecular complexity index is 639. The van der Waals surface area contributed by atoms with Crippen molar-refractivity contribution in [3.8, 4) is 5.75 Å². The van der Waals surface area contributed by atoms with Gasteiger partial charge >= 0.3 is 0 Å². The lowest BCUT2D eigenvalue weighted by molar-refractivity contribution is -0.123. The Morgan fingerprint density at radius 3 is 2.25 bits per heavy atom. The number of rotatable bonds is 1. The van der Waals surface area contributed by atoms with E-state index in [4.69, 9.17) is 11.6 Å². The second-order valence-electron chi connectivity index (χ2n) is 5.64. The number of imide groups is 1. The van der Waals surface area contributed by atoms with Crippen LogP contribution in [0, 0.1) is 23.7 Å². The molecule has 2 fully saturated rings. The van der Waals surface area contributed by atoms with Gasteiger partial charge in [0.2, 0.25) is 11.8 Å². The highest BCUT2D eigenvalue weighted by molar-refractivity contribution is 6.31. The van der Waals surface area contributed by atoms with Crippen molar-refractivity contribution < 1.29 is 14.7 Å². The summed E-state index contributed by atoms with van der Waals surface area (Å²) in [6.45, 7) is 0. The number of nitrogens with zero attached hydrogens (tertiary/aromatic N) is 1. The van der Waals surface area contributed by atoms with E-state index in [2.05, 4.69) is 0 Å². The van der Waals surface area contributed by atoms with Crippen molar-refractivity contribution in [2.75, 3.05) is 4.90 Å². The van der Waals surface area contributed by atoms with E-state index in [1.807, 2.05) is 12.2 Å². The summed E-state index contributed by atoms with van der Waals surface area (Å²) in [4.78, 5) is 26.2. The van der Waals surface area contributed by atoms with Crippen LogP contribution in [-0.2, 0) is 9.59 Å². The maximum absolute atomic E-state index is 12.6. The van der Waals surface area contributed by atoms with E-state index in [1.165, 1.54) is 12.1 Å². The van der Waals surface area contributed by atoms with E-state index in [-0.39, 0.29) is 46.9 Å². The predicted octanol–water partition coefficient (Wildman–Crippen LogP) is 2.36. The first-order chi connectivity index (χ1) is 9.58. The summed E-state index contributed by atoms with van der Waals surface area (Å²) in [5.41, 5.74) is 0.234. The quantitative estimate of drug-likeness (QED) is 0.638. The summed E-state index contributed by atoms with van der Waals surface area (Å²) < 4.78 is 0. The summed E-state index contributed by atoms with van der Waals surface area (Å²) in [6.07, 6.45) is 4.98. The Morgan fingerprint density at radius 1 is 1.10 bits per heavy atom. The number of amides is 2. The van der Waals surface area contributed by atoms with Crippen LogP contribution in [0.25, 0.3) is 0 Å². The van der Waals surface area contributed by atoms with E-state index in [9.17, 15) is 14.7 Å². The fourth-order valence-corrected chi connectivity index (χ4v) is 3.99. The summed E-state index contributed by atoms with van der Waals surface area (Å²) in [5.74, 6) is -0.717. The number of carbonyl (C=O) groups is 2. The molecule has 2 aliphatic carbocycles. The number of carbonyl (C=O) groups excluding carboxylic acids is 2. The monoisotopic (exact) mass is 289 g/mol. The van der Waals surface area contributed by atoms with Crippen LogP contribution in [-0.4, -0.2) is 16.9 Å². The molecule has 5 heteroatoms. The predicted molar refractivity (Wildman–Crippen MR) is 73.3 cm³/mol. The Balaban J connectivity index is 1.78. The number of aromatic hydroxyl groups is 1. The first kappa shape index (κ1) is 12.0. The van der Waals surface area contributed by atoms with Crippen LogP contribution < -0.4 is 4.90 Å². The summed E-state index contributed by atoms with van der Waals surface area (Å²) in [7, 11) is 0. The number of allylic oxidation sites excluding steroid dienone is 2. The molecule has 4 rings (SSSR count). The molecule has 4 atom stereocenters. The molecule has 0 unspecified atom stereocenters. The lowest BCUT2D eigenvalue weighted by Gasteiger charge is -2.18. The van der Waals surface area contributed by atoms with Gasteiger partial charge in [0.15, 0.2) is 0 Å². The number of hydrogen-bond acceptors (Lipinski definition) is 3. The number of anilines is 1. The van der Waals surface area contributed by atoms with Crippen molar-refractivity contribution in [2.24, 2.45) is 23.7 Å². The molecule has 0 spiro atoms. The van der Waals surface area contributed by atoms with Gasteiger partial charge in [-0.25, -0.2) is 4.90 Å². The van der Waals surface area contributed by atoms with Gasteiger partial charge in [-0.2, -0.15) is 0 Å². The van der Waals surface area contributed by atoms with Gasteiger partial charge in [-0.15, -0.1) is 0 Å². The molecule has 4 nitrogen and oxygen atoms in total. The number of benzene rings is 1. The third-order valence-electron chi connectivity index (χ3n) is 4.65. The highest BCUT2D eigenvalue weighted by Crippen LogP contribution is 2.53. The Labute approximate surface area is 120 Å². The van der Waals surface area contributed by atoms with Crippen LogP contribution in [0.3, 0.4) is 0 Å². The van der Waals surface area contributed by atoms with Gasteiger partial charge in [-0.05, 0) is 30.4 Å². The smallest absolute Gasteiger partial charge is 0.238 e. The number of fused-ring (bicyclic) bond motifs is 5. The van der Waals surface area contributed by atoms with E-state index in [0.717, 1.165) is 11.3 Å². The molecular formula is C15H12ClNO3. The number of halogens is 1. The number of phenols is 1. The fourth-order valence-electron chi connectivity index (χ4n) is 3.83. The molecule has 0 radical (unpaired) electrons. The average Bonchev–Trinajstić information content (AvgIpc) is 3.06. The van der Waals surface area contributed by atoms with Gasteiger partial charge in [-0.3, -0.25) is 9.59 Å². The molecular weight excluding hydrogens is 278 g/mol. The van der Waals surface area contributed by atoms with Gasteiger partial charge in [0.25, 0.3) is 0 Å². The summed E-state index contributed by atoms with van der Waals surface area (Å²) in [6, 6.07) is 4.43. The zero-order chi connectivity index (χ0) is 14.0. The van der Waals surface area contributed by atoms with Crippen LogP contribution in [0.15, 0.2) is 30.4 Å². The highest BCUT2D eigenvalue weighted by atomic mass is 35.5. The van der Waals surface area contributed by atoms with E-state index >= 15 is 0 Å². The van der Waals surface area contributed by atoms with Crippen LogP contribution in [0.5, 0.6) is 5.75 Å². The molecule has 102 valence electrons. The first-order valence-corrected chi connectivity index (χ1v) is 7.00. The minimum atomic E-state index is -0.257. The van der Waals surface area contributed by atoms with Crippen molar-refractivity contribution >= 4 is 29.1 Å². The molecule has 1 heterocycles. The Morgan fingerprint density at radius 2 is 1.70 bits per heavy atom. The second-order valence-corrected chi connectivity index (χ2v) is 6.08. The molecule has 20 heavy (non-hydrogen) atoms. The van der Waals surface area contributed by atoms with Gasteiger partial charge < -0.3 is 5.11 Å². The molecule has 1 aliphatic heterocycles. The highest BCUT2D eigenvalue weighted by Gasteiger charge is 2.59. The summed E-state index contributed by atoms with van der Waals surface area (Å²) in [5, 5.41) is 10.3. The van der Waals surface area contributed by atoms with Crippen molar-refractivity contribution in [1.29, 1.82) is 0 Å². The van der Waals surface area contributed by atoms with E-state index in [0.29, 0.717) is 5.02 Å². The molecule has 1 saturated carbocycles. The average molecular weight is 290 g/mol. The molecule has 3 aliphatic rings. The SMILES string of the molecule is O=C1[C@@H]2[C@H](C(=O)N1c1ccc(Cl)cc1O)[C@@H]1C=C[C@@H]2C1. The normalized spacial score (nSPS) is 34.1. The van der Waals surface area contributed by atoms with Gasteiger partial charge in [0, 0.05) is 11.1 Å². The Hall–Kier alpha value is -1.81. The molecule has 1 N–H and O–H groups in total. The zero-order valence-electron chi connectivity index (χ0n) is 10.5. The number of phenolic OH excluding ortho intramolecular Hbond substituents is 1. The lowest BCUT2D eigenvalue weighted by atomic mass is 9.85. The maximum Gasteiger partial charge on any atom is 0.238 e. The van der Waals surface area contributed by atoms with Crippen LogP contribution in [0.4, 0.5) is 5.69 Å². The second kappa shape index (κ2) is 3.85. The zero-order valence-corrected chi connectivity index (χ0v) is 11.2. The van der Waals surface area contributed by atoms with Crippen LogP contribution in [0.1, 0.15) is 6.42 Å². The summed E-state index contributed by atoms with van der Waals surface area (Å²) >= 11 is 5.79. The standard InChI is InChI=1S/C15H12ClNO3/c16-9-3-4-10(11(18)6-9)17-14(19)12-7-1-2-8(5-7)13(12)15(17)20/h1-4,6-8,12-13,18H,5H2/t7-,8-,12-,13+/m1/s1. The molecule has 0 aromatic heterocycles. The van der Waals surface area contributed by atoms with Crippen molar-refractivity contribution in [1.82, 2.24) is 0 Å². The van der Waals surface area contributed by atoms with Crippen molar-refractivity contribution in [3.05, 3.63) is 35.4 Å². The Kier molecular flexibility index (Phi) is 2.31. The lowest BCUT2D eigenvalue weighted by Crippen LogP contribution is -2.32. The van der Waals surface area contributed by atoms with Crippen molar-refractivity contribution in [2.45, 2.75) is 6.42 Å². The van der Waals surface area contributed by atoms with Crippen LogP contribution in [0.2, 0.25) is 5.02 Å². The number of hydrogen-bond donors (Lipinski definition) is 1. The van der Waals surface area contributed by atoms with E-state index in [1.54, 1.807) is 6.07 Å². The van der Waals surface area contributed by atoms with Gasteiger partial charge in [0.05, 0.1) is 17.5 Å². The first-order valence-electron chi connectivity index (χ1n) is 6.62. The van der Waals surface area contributed by atoms with Crippen molar-refractivity contribution in [3.63, 3.8) is 0 Å². The molecule has 2 bridgehead atoms. The van der Waals surface area contributed by atoms with E-state index < -0.39 is 0 Å². The largest absolute Gasteiger partial charge is 0.506 e. The molecule has 1 aromatic carbocycles. The topological polar surface area (TPSA) is 57.6 Å². The van der Waals surface area contributed by atoms with Gasteiger partial charge in [0.1, 0.15) is 5.75 Å². The minimum absolute atomic E-state index is 0.139.